The lowest BCUT2D eigenvalue weighted by molar-refractivity contribution is -0.385. The molecule has 10 heteroatoms. The Bertz CT molecular complexity index is 1480. The predicted molar refractivity (Wildman–Crippen MR) is 127 cm³/mol. The van der Waals surface area contributed by atoms with Crippen molar-refractivity contribution in [2.24, 2.45) is 5.10 Å². The number of ether oxygens (including phenoxy) is 1. The Kier molecular flexibility index (Phi) is 6.09. The van der Waals surface area contributed by atoms with E-state index in [1.165, 1.54) is 18.3 Å². The van der Waals surface area contributed by atoms with Crippen molar-refractivity contribution in [2.75, 3.05) is 0 Å². The van der Waals surface area contributed by atoms with Gasteiger partial charge in [0.25, 0.3) is 5.56 Å². The number of nitro benzene ring substituents is 1. The Morgan fingerprint density at radius 2 is 1.85 bits per heavy atom. The Hall–Kier alpha value is -4.18. The molecule has 0 aliphatic heterocycles. The van der Waals surface area contributed by atoms with Crippen molar-refractivity contribution in [3.8, 4) is 17.1 Å². The van der Waals surface area contributed by atoms with Crippen LogP contribution in [0.4, 0.5) is 5.69 Å². The molecule has 0 radical (unpaired) electrons. The highest BCUT2D eigenvalue weighted by Gasteiger charge is 2.22. The summed E-state index contributed by atoms with van der Waals surface area (Å²) in [5.74, 6) is -0.721. The fourth-order valence-corrected chi connectivity index (χ4v) is 3.67. The van der Waals surface area contributed by atoms with Crippen molar-refractivity contribution < 1.29 is 14.5 Å². The van der Waals surface area contributed by atoms with Crippen LogP contribution in [0.1, 0.15) is 12.5 Å². The normalized spacial score (nSPS) is 11.1. The summed E-state index contributed by atoms with van der Waals surface area (Å²) in [5.41, 5.74) is 0.442. The second-order valence-corrected chi connectivity index (χ2v) is 7.79. The predicted octanol–water partition coefficient (Wildman–Crippen LogP) is 4.54. The maximum absolute atomic E-state index is 13.3. The van der Waals surface area contributed by atoms with Crippen LogP contribution in [0.2, 0.25) is 0 Å². The van der Waals surface area contributed by atoms with Crippen LogP contribution in [0.3, 0.4) is 0 Å². The molecule has 0 atom stereocenters. The number of nitrogens with zero attached hydrogens (tertiary/aromatic N) is 4. The smallest absolute Gasteiger partial charge is 0.313 e. The molecule has 0 unspecified atom stereocenters. The summed E-state index contributed by atoms with van der Waals surface area (Å²) in [6.45, 7) is 1.14. The number of halogens is 1. The van der Waals surface area contributed by atoms with E-state index < -0.39 is 22.1 Å². The summed E-state index contributed by atoms with van der Waals surface area (Å²) in [5, 5.41) is 16.2. The third-order valence-corrected chi connectivity index (χ3v) is 5.06. The first-order valence-electron chi connectivity index (χ1n) is 9.63. The summed E-state index contributed by atoms with van der Waals surface area (Å²) in [6.07, 6.45) is 1.22. The Morgan fingerprint density at radius 1 is 1.15 bits per heavy atom. The molecule has 1 heterocycles. The fourth-order valence-electron chi connectivity index (χ4n) is 3.21. The molecule has 0 saturated carbocycles. The van der Waals surface area contributed by atoms with Crippen LogP contribution >= 0.6 is 15.9 Å². The van der Waals surface area contributed by atoms with Gasteiger partial charge in [-0.15, -0.1) is 0 Å². The van der Waals surface area contributed by atoms with Gasteiger partial charge in [0.2, 0.25) is 5.75 Å². The third-order valence-electron chi connectivity index (χ3n) is 4.60. The number of aromatic nitrogens is 2. The van der Waals surface area contributed by atoms with Gasteiger partial charge in [0.1, 0.15) is 0 Å². The minimum absolute atomic E-state index is 0.130. The van der Waals surface area contributed by atoms with E-state index in [1.54, 1.807) is 48.5 Å². The molecular formula is C23H15BrN4O5. The van der Waals surface area contributed by atoms with Crippen LogP contribution in [-0.2, 0) is 4.79 Å². The van der Waals surface area contributed by atoms with Gasteiger partial charge in [-0.05, 0) is 18.2 Å². The van der Waals surface area contributed by atoms with Gasteiger partial charge >= 0.3 is 11.7 Å². The van der Waals surface area contributed by atoms with E-state index in [1.807, 2.05) is 6.07 Å². The number of rotatable bonds is 5. The second kappa shape index (κ2) is 9.13. The molecule has 164 valence electrons. The molecular weight excluding hydrogens is 492 g/mol. The van der Waals surface area contributed by atoms with Crippen molar-refractivity contribution in [2.45, 2.75) is 6.92 Å². The molecule has 0 aliphatic rings. The lowest BCUT2D eigenvalue weighted by atomic mass is 10.2. The average Bonchev–Trinajstić information content (AvgIpc) is 2.79. The highest BCUT2D eigenvalue weighted by molar-refractivity contribution is 9.10. The SMILES string of the molecule is CC(=O)Oc1c(C=Nn2c(-c3ccccc3)nc3ccccc3c2=O)cc(Br)cc1[N+](=O)[O-]. The average molecular weight is 507 g/mol. The molecule has 4 aromatic rings. The summed E-state index contributed by atoms with van der Waals surface area (Å²) < 4.78 is 6.59. The summed E-state index contributed by atoms with van der Waals surface area (Å²) in [6, 6.07) is 18.6. The van der Waals surface area contributed by atoms with E-state index in [2.05, 4.69) is 26.0 Å². The van der Waals surface area contributed by atoms with Gasteiger partial charge < -0.3 is 4.74 Å². The molecule has 0 saturated heterocycles. The second-order valence-electron chi connectivity index (χ2n) is 6.87. The van der Waals surface area contributed by atoms with Crippen molar-refractivity contribution in [3.63, 3.8) is 0 Å². The Balaban J connectivity index is 1.96. The van der Waals surface area contributed by atoms with Crippen LogP contribution in [-0.4, -0.2) is 26.8 Å². The van der Waals surface area contributed by atoms with Crippen molar-refractivity contribution in [1.82, 2.24) is 9.66 Å². The number of hydrogen-bond donors (Lipinski definition) is 0. The summed E-state index contributed by atoms with van der Waals surface area (Å²) in [4.78, 5) is 40.3. The van der Waals surface area contributed by atoms with Gasteiger partial charge in [-0.25, -0.2) is 4.98 Å². The zero-order valence-corrected chi connectivity index (χ0v) is 18.7. The highest BCUT2D eigenvalue weighted by atomic mass is 79.9. The number of hydrogen-bond acceptors (Lipinski definition) is 7. The third kappa shape index (κ3) is 4.55. The number of fused-ring (bicyclic) bond motifs is 1. The van der Waals surface area contributed by atoms with Gasteiger partial charge in [-0.1, -0.05) is 58.4 Å². The number of benzene rings is 3. The first-order valence-corrected chi connectivity index (χ1v) is 10.4. The van der Waals surface area contributed by atoms with E-state index in [0.717, 1.165) is 11.6 Å². The van der Waals surface area contributed by atoms with Crippen LogP contribution in [0.15, 0.2) is 81.1 Å². The molecule has 33 heavy (non-hydrogen) atoms. The number of carbonyl (C=O) groups is 1. The molecule has 9 nitrogen and oxygen atoms in total. The minimum Gasteiger partial charge on any atom is -0.419 e. The van der Waals surface area contributed by atoms with Gasteiger partial charge in [-0.2, -0.15) is 9.78 Å². The van der Waals surface area contributed by atoms with Gasteiger partial charge in [0.15, 0.2) is 5.82 Å². The van der Waals surface area contributed by atoms with Crippen molar-refractivity contribution in [3.05, 3.63) is 97.2 Å². The minimum atomic E-state index is -0.732. The Labute approximate surface area is 195 Å². The fraction of sp³-hybridized carbons (Fsp3) is 0.0435. The van der Waals surface area contributed by atoms with Crippen molar-refractivity contribution in [1.29, 1.82) is 0 Å². The zero-order valence-electron chi connectivity index (χ0n) is 17.1. The van der Waals surface area contributed by atoms with Crippen LogP contribution in [0, 0.1) is 10.1 Å². The number of para-hydroxylation sites is 1. The molecule has 0 spiro atoms. The molecule has 0 fully saturated rings. The van der Waals surface area contributed by atoms with Crippen LogP contribution in [0.5, 0.6) is 5.75 Å². The first kappa shape index (κ1) is 22.0. The van der Waals surface area contributed by atoms with E-state index in [0.29, 0.717) is 20.9 Å². The lowest BCUT2D eigenvalue weighted by Gasteiger charge is -2.10. The molecule has 0 aliphatic carbocycles. The molecule has 1 aromatic heterocycles. The highest BCUT2D eigenvalue weighted by Crippen LogP contribution is 2.34. The number of nitro groups is 1. The summed E-state index contributed by atoms with van der Waals surface area (Å²) in [7, 11) is 0. The number of esters is 1. The first-order chi connectivity index (χ1) is 15.8. The number of carbonyl (C=O) groups excluding carboxylic acids is 1. The molecule has 4 rings (SSSR count). The molecule has 0 N–H and O–H groups in total. The van der Waals surface area contributed by atoms with E-state index >= 15 is 0 Å². The molecule has 0 amide bonds. The van der Waals surface area contributed by atoms with E-state index in [4.69, 9.17) is 4.74 Å². The maximum atomic E-state index is 13.3. The van der Waals surface area contributed by atoms with Crippen molar-refractivity contribution >= 4 is 44.7 Å². The molecule has 0 bridgehead atoms. The van der Waals surface area contributed by atoms with Gasteiger partial charge in [-0.3, -0.25) is 19.7 Å². The quantitative estimate of drug-likeness (QED) is 0.129. The monoisotopic (exact) mass is 506 g/mol. The maximum Gasteiger partial charge on any atom is 0.313 e. The summed E-state index contributed by atoms with van der Waals surface area (Å²) >= 11 is 3.22. The standard InChI is InChI=1S/C23H15BrN4O5/c1-14(29)33-21-16(11-17(24)12-20(21)28(31)32)13-25-27-22(15-7-3-2-4-8-15)26-19-10-6-5-9-18(19)23(27)30/h2-13H,1H3. The van der Waals surface area contributed by atoms with Crippen LogP contribution < -0.4 is 10.3 Å². The lowest BCUT2D eigenvalue weighted by Crippen LogP contribution is -2.20. The van der Waals surface area contributed by atoms with Gasteiger partial charge in [0, 0.05) is 28.6 Å². The Morgan fingerprint density at radius 3 is 2.55 bits per heavy atom. The topological polar surface area (TPSA) is 117 Å². The zero-order chi connectivity index (χ0) is 23.5. The van der Waals surface area contributed by atoms with E-state index in [-0.39, 0.29) is 17.1 Å². The van der Waals surface area contributed by atoms with E-state index in [9.17, 15) is 19.7 Å². The van der Waals surface area contributed by atoms with Crippen LogP contribution in [0.25, 0.3) is 22.3 Å². The van der Waals surface area contributed by atoms with Gasteiger partial charge in [0.05, 0.1) is 22.0 Å². The molecule has 3 aromatic carbocycles. The largest absolute Gasteiger partial charge is 0.419 e.